The number of hydrogen-bond donors (Lipinski definition) is 0. The van der Waals surface area contributed by atoms with Crippen molar-refractivity contribution >= 4 is 28.9 Å². The molecular weight excluding hydrogens is 379 g/mol. The number of para-hydroxylation sites is 1. The molecule has 27 heavy (non-hydrogen) atoms. The highest BCUT2D eigenvalue weighted by molar-refractivity contribution is 6.36. The molecule has 5 rings (SSSR count). The van der Waals surface area contributed by atoms with E-state index in [9.17, 15) is 0 Å². The van der Waals surface area contributed by atoms with Gasteiger partial charge in [-0.15, -0.1) is 0 Å². The Hall–Kier alpha value is -2.49. The molecule has 5 heteroatoms. The molecule has 2 heterocycles. The van der Waals surface area contributed by atoms with Gasteiger partial charge < -0.3 is 4.74 Å². The van der Waals surface area contributed by atoms with Gasteiger partial charge in [-0.1, -0.05) is 77.8 Å². The van der Waals surface area contributed by atoms with Crippen molar-refractivity contribution in [1.29, 1.82) is 0 Å². The zero-order valence-electron chi connectivity index (χ0n) is 14.3. The molecule has 0 radical (unpaired) electrons. The molecule has 0 aromatic heterocycles. The summed E-state index contributed by atoms with van der Waals surface area (Å²) in [5.74, 6) is 0.851. The predicted octanol–water partition coefficient (Wildman–Crippen LogP) is 6.24. The van der Waals surface area contributed by atoms with Crippen LogP contribution >= 0.6 is 23.2 Å². The summed E-state index contributed by atoms with van der Waals surface area (Å²) in [5.41, 5.74) is 4.03. The van der Waals surface area contributed by atoms with Crippen molar-refractivity contribution in [2.75, 3.05) is 0 Å². The van der Waals surface area contributed by atoms with Crippen molar-refractivity contribution in [3.05, 3.63) is 99.5 Å². The monoisotopic (exact) mass is 394 g/mol. The normalized spacial score (nSPS) is 20.5. The summed E-state index contributed by atoms with van der Waals surface area (Å²) in [5, 5.41) is 8.08. The van der Waals surface area contributed by atoms with E-state index in [1.54, 1.807) is 0 Å². The van der Waals surface area contributed by atoms with Crippen LogP contribution in [0.5, 0.6) is 5.75 Å². The second-order valence-electron chi connectivity index (χ2n) is 6.66. The minimum atomic E-state index is -0.465. The summed E-state index contributed by atoms with van der Waals surface area (Å²) in [6, 6.07) is 23.9. The van der Waals surface area contributed by atoms with E-state index in [1.807, 2.05) is 59.6 Å². The van der Waals surface area contributed by atoms with Gasteiger partial charge in [0.1, 0.15) is 5.75 Å². The lowest BCUT2D eigenvalue weighted by Gasteiger charge is -2.38. The van der Waals surface area contributed by atoms with Gasteiger partial charge in [0.2, 0.25) is 6.23 Å². The van der Waals surface area contributed by atoms with Crippen LogP contribution in [0.15, 0.2) is 77.9 Å². The van der Waals surface area contributed by atoms with Crippen LogP contribution in [0, 0.1) is 0 Å². The van der Waals surface area contributed by atoms with Gasteiger partial charge in [-0.2, -0.15) is 5.10 Å². The van der Waals surface area contributed by atoms with Crippen molar-refractivity contribution < 1.29 is 4.74 Å². The largest absolute Gasteiger partial charge is 0.464 e. The minimum absolute atomic E-state index is 0.0856. The van der Waals surface area contributed by atoms with Gasteiger partial charge in [-0.05, 0) is 23.8 Å². The van der Waals surface area contributed by atoms with Crippen LogP contribution in [0.25, 0.3) is 0 Å². The van der Waals surface area contributed by atoms with E-state index >= 15 is 0 Å². The first kappa shape index (κ1) is 16.7. The maximum absolute atomic E-state index is 6.49. The topological polar surface area (TPSA) is 24.8 Å². The Balaban J connectivity index is 1.65. The minimum Gasteiger partial charge on any atom is -0.464 e. The van der Waals surface area contributed by atoms with E-state index in [0.29, 0.717) is 10.0 Å². The van der Waals surface area contributed by atoms with Gasteiger partial charge >= 0.3 is 0 Å². The molecule has 2 aliphatic rings. The van der Waals surface area contributed by atoms with Gasteiger partial charge in [0.15, 0.2) is 0 Å². The molecular formula is C22H16Cl2N2O. The second kappa shape index (κ2) is 6.59. The molecule has 0 saturated carbocycles. The fraction of sp³-hybridized carbons (Fsp3) is 0.136. The van der Waals surface area contributed by atoms with E-state index in [4.69, 9.17) is 33.0 Å². The van der Waals surface area contributed by atoms with Crippen molar-refractivity contribution in [2.24, 2.45) is 5.10 Å². The third kappa shape index (κ3) is 2.78. The first-order valence-corrected chi connectivity index (χ1v) is 9.58. The predicted molar refractivity (Wildman–Crippen MR) is 108 cm³/mol. The van der Waals surface area contributed by atoms with E-state index in [-0.39, 0.29) is 6.04 Å². The lowest BCUT2D eigenvalue weighted by Crippen LogP contribution is -2.34. The van der Waals surface area contributed by atoms with Crippen LogP contribution < -0.4 is 4.74 Å². The number of fused-ring (bicyclic) bond motifs is 3. The molecule has 0 aliphatic carbocycles. The maximum atomic E-state index is 6.49. The average Bonchev–Trinajstić information content (AvgIpc) is 3.14. The molecule has 2 aliphatic heterocycles. The Kier molecular flexibility index (Phi) is 4.07. The number of hydrogen-bond acceptors (Lipinski definition) is 3. The number of halogens is 2. The van der Waals surface area contributed by atoms with Crippen molar-refractivity contribution in [3.63, 3.8) is 0 Å². The fourth-order valence-electron chi connectivity index (χ4n) is 3.78. The Morgan fingerprint density at radius 2 is 1.56 bits per heavy atom. The van der Waals surface area contributed by atoms with Crippen LogP contribution in [0.4, 0.5) is 0 Å². The molecule has 0 bridgehead atoms. The van der Waals surface area contributed by atoms with Gasteiger partial charge in [-0.25, -0.2) is 5.01 Å². The van der Waals surface area contributed by atoms with Gasteiger partial charge in [0.25, 0.3) is 0 Å². The molecule has 0 saturated heterocycles. The van der Waals surface area contributed by atoms with Crippen LogP contribution in [-0.2, 0) is 0 Å². The standard InChI is InChI=1S/C22H16Cl2N2O/c23-16-10-6-11-17(24)21(16)22-26-19(15-9-4-5-12-20(15)27-22)13-18(25-26)14-7-2-1-3-8-14/h1-12,19,22H,13H2/t19-,22-/m1/s1. The third-order valence-corrected chi connectivity index (χ3v) is 5.71. The van der Waals surface area contributed by atoms with Crippen LogP contribution in [0.1, 0.15) is 35.4 Å². The quantitative estimate of drug-likeness (QED) is 0.513. The summed E-state index contributed by atoms with van der Waals surface area (Å²) in [7, 11) is 0. The van der Waals surface area contributed by atoms with Crippen LogP contribution in [0.2, 0.25) is 10.0 Å². The number of ether oxygens (including phenoxy) is 1. The number of nitrogens with zero attached hydrogens (tertiary/aromatic N) is 2. The molecule has 0 unspecified atom stereocenters. The van der Waals surface area contributed by atoms with Crippen molar-refractivity contribution in [1.82, 2.24) is 5.01 Å². The van der Waals surface area contributed by atoms with Gasteiger partial charge in [0, 0.05) is 12.0 Å². The zero-order valence-corrected chi connectivity index (χ0v) is 15.9. The average molecular weight is 395 g/mol. The van der Waals surface area contributed by atoms with E-state index in [0.717, 1.165) is 34.6 Å². The summed E-state index contributed by atoms with van der Waals surface area (Å²) in [6.07, 6.45) is 0.343. The summed E-state index contributed by atoms with van der Waals surface area (Å²) in [6.45, 7) is 0. The number of hydrazone groups is 1. The molecule has 3 aromatic rings. The Bertz CT molecular complexity index is 1020. The zero-order chi connectivity index (χ0) is 18.4. The van der Waals surface area contributed by atoms with Crippen LogP contribution in [0.3, 0.4) is 0 Å². The van der Waals surface area contributed by atoms with E-state index in [2.05, 4.69) is 18.2 Å². The highest BCUT2D eigenvalue weighted by Gasteiger charge is 2.42. The molecule has 0 fully saturated rings. The molecule has 3 nitrogen and oxygen atoms in total. The maximum Gasteiger partial charge on any atom is 0.216 e. The first-order chi connectivity index (χ1) is 13.2. The van der Waals surface area contributed by atoms with Crippen molar-refractivity contribution in [3.8, 4) is 5.75 Å². The Labute approximate surface area is 167 Å². The van der Waals surface area contributed by atoms with Crippen LogP contribution in [-0.4, -0.2) is 10.7 Å². The number of benzene rings is 3. The SMILES string of the molecule is Clc1cccc(Cl)c1[C@H]1Oc2ccccc2[C@H]2CC(c3ccccc3)=NN21. The molecule has 0 spiro atoms. The van der Waals surface area contributed by atoms with Gasteiger partial charge in [0.05, 0.1) is 27.4 Å². The highest BCUT2D eigenvalue weighted by atomic mass is 35.5. The third-order valence-electron chi connectivity index (χ3n) is 5.05. The highest BCUT2D eigenvalue weighted by Crippen LogP contribution is 2.49. The molecule has 2 atom stereocenters. The van der Waals surface area contributed by atoms with Crippen molar-refractivity contribution in [2.45, 2.75) is 18.7 Å². The second-order valence-corrected chi connectivity index (χ2v) is 7.47. The smallest absolute Gasteiger partial charge is 0.216 e. The Morgan fingerprint density at radius 1 is 0.852 bits per heavy atom. The number of rotatable bonds is 2. The van der Waals surface area contributed by atoms with E-state index in [1.165, 1.54) is 0 Å². The lowest BCUT2D eigenvalue weighted by molar-refractivity contribution is -0.0189. The first-order valence-electron chi connectivity index (χ1n) is 8.83. The fourth-order valence-corrected chi connectivity index (χ4v) is 4.36. The summed E-state index contributed by atoms with van der Waals surface area (Å²) < 4.78 is 6.33. The lowest BCUT2D eigenvalue weighted by atomic mass is 9.96. The summed E-state index contributed by atoms with van der Waals surface area (Å²) in [4.78, 5) is 0. The molecule has 134 valence electrons. The molecule has 3 aromatic carbocycles. The Morgan fingerprint density at radius 3 is 2.33 bits per heavy atom. The molecule has 0 amide bonds. The molecule has 0 N–H and O–H groups in total. The van der Waals surface area contributed by atoms with Gasteiger partial charge in [-0.3, -0.25) is 0 Å². The van der Waals surface area contributed by atoms with E-state index < -0.39 is 6.23 Å². The summed E-state index contributed by atoms with van der Waals surface area (Å²) >= 11 is 13.0.